The van der Waals surface area contributed by atoms with Gasteiger partial charge < -0.3 is 10.6 Å². The summed E-state index contributed by atoms with van der Waals surface area (Å²) in [6.45, 7) is 9.03. The van der Waals surface area contributed by atoms with Gasteiger partial charge in [0.25, 0.3) is 0 Å². The minimum Gasteiger partial charge on any atom is -0.341 e. The second-order valence-electron chi connectivity index (χ2n) is 6.43. The lowest BCUT2D eigenvalue weighted by molar-refractivity contribution is -0.139. The summed E-state index contributed by atoms with van der Waals surface area (Å²) in [4.78, 5) is 17.1. The molecule has 2 heterocycles. The third-order valence-electron chi connectivity index (χ3n) is 4.99. The van der Waals surface area contributed by atoms with Gasteiger partial charge in [0.15, 0.2) is 0 Å². The Hall–Kier alpha value is -0.610. The molecule has 4 atom stereocenters. The van der Waals surface area contributed by atoms with Crippen LogP contribution in [0.25, 0.3) is 0 Å². The zero-order valence-corrected chi connectivity index (χ0v) is 12.6. The highest BCUT2D eigenvalue weighted by atomic mass is 16.2. The Balaban J connectivity index is 1.98. The normalized spacial score (nSPS) is 34.5. The number of hydrogen-bond donors (Lipinski definition) is 1. The summed E-state index contributed by atoms with van der Waals surface area (Å²) >= 11 is 0. The summed E-state index contributed by atoms with van der Waals surface area (Å²) in [6.07, 6.45) is 4.70. The van der Waals surface area contributed by atoms with Gasteiger partial charge in [-0.1, -0.05) is 0 Å². The van der Waals surface area contributed by atoms with Gasteiger partial charge in [-0.05, 0) is 58.9 Å². The maximum Gasteiger partial charge on any atom is 0.239 e. The summed E-state index contributed by atoms with van der Waals surface area (Å²) in [7, 11) is 0. The molecule has 2 N–H and O–H groups in total. The van der Waals surface area contributed by atoms with Crippen LogP contribution in [0.15, 0.2) is 0 Å². The topological polar surface area (TPSA) is 49.6 Å². The Labute approximate surface area is 117 Å². The van der Waals surface area contributed by atoms with Gasteiger partial charge in [-0.3, -0.25) is 9.69 Å². The molecule has 2 aliphatic rings. The Morgan fingerprint density at radius 1 is 1.26 bits per heavy atom. The Morgan fingerprint density at radius 2 is 1.89 bits per heavy atom. The number of carbonyl (C=O) groups is 1. The van der Waals surface area contributed by atoms with Gasteiger partial charge in [0.1, 0.15) is 0 Å². The molecular formula is C15H29N3O. The molecule has 0 saturated carbocycles. The van der Waals surface area contributed by atoms with Crippen molar-refractivity contribution < 1.29 is 4.79 Å². The van der Waals surface area contributed by atoms with Gasteiger partial charge in [-0.15, -0.1) is 0 Å². The van der Waals surface area contributed by atoms with E-state index < -0.39 is 0 Å². The van der Waals surface area contributed by atoms with Crippen molar-refractivity contribution in [1.82, 2.24) is 9.80 Å². The first kappa shape index (κ1) is 14.8. The molecule has 0 aromatic carbocycles. The lowest BCUT2D eigenvalue weighted by atomic mass is 9.97. The monoisotopic (exact) mass is 267 g/mol. The summed E-state index contributed by atoms with van der Waals surface area (Å²) in [6, 6.07) is 1.08. The van der Waals surface area contributed by atoms with E-state index in [-0.39, 0.29) is 6.04 Å². The molecular weight excluding hydrogens is 238 g/mol. The van der Waals surface area contributed by atoms with Crippen LogP contribution in [-0.2, 0) is 4.79 Å². The van der Waals surface area contributed by atoms with E-state index in [1.807, 2.05) is 4.90 Å². The van der Waals surface area contributed by atoms with Crippen molar-refractivity contribution >= 4 is 5.91 Å². The fourth-order valence-electron chi connectivity index (χ4n) is 3.83. The van der Waals surface area contributed by atoms with Gasteiger partial charge >= 0.3 is 0 Å². The third kappa shape index (κ3) is 3.11. The lowest BCUT2D eigenvalue weighted by Gasteiger charge is -2.38. The summed E-state index contributed by atoms with van der Waals surface area (Å²) in [5.74, 6) is 0.803. The molecule has 4 heteroatoms. The Kier molecular flexibility index (Phi) is 4.85. The van der Waals surface area contributed by atoms with Crippen LogP contribution in [0.5, 0.6) is 0 Å². The van der Waals surface area contributed by atoms with Crippen LogP contribution >= 0.6 is 0 Å². The molecule has 0 bridgehead atoms. The number of nitrogens with zero attached hydrogens (tertiary/aromatic N) is 2. The average Bonchev–Trinajstić information content (AvgIpc) is 2.76. The fraction of sp³-hybridized carbons (Fsp3) is 0.933. The van der Waals surface area contributed by atoms with E-state index in [0.29, 0.717) is 30.5 Å². The van der Waals surface area contributed by atoms with Crippen LogP contribution in [-0.4, -0.2) is 53.5 Å². The van der Waals surface area contributed by atoms with Crippen LogP contribution in [0.1, 0.15) is 46.5 Å². The summed E-state index contributed by atoms with van der Waals surface area (Å²) < 4.78 is 0. The molecule has 2 saturated heterocycles. The molecule has 0 spiro atoms. The summed E-state index contributed by atoms with van der Waals surface area (Å²) in [5.41, 5.74) is 5.76. The van der Waals surface area contributed by atoms with Gasteiger partial charge in [0.2, 0.25) is 5.91 Å². The van der Waals surface area contributed by atoms with Crippen LogP contribution < -0.4 is 5.73 Å². The largest absolute Gasteiger partial charge is 0.341 e. The predicted molar refractivity (Wildman–Crippen MR) is 77.8 cm³/mol. The highest BCUT2D eigenvalue weighted by Crippen LogP contribution is 2.27. The van der Waals surface area contributed by atoms with E-state index in [9.17, 15) is 4.79 Å². The fourth-order valence-corrected chi connectivity index (χ4v) is 3.83. The van der Waals surface area contributed by atoms with Gasteiger partial charge in [-0.2, -0.15) is 0 Å². The highest BCUT2D eigenvalue weighted by molar-refractivity contribution is 5.81. The van der Waals surface area contributed by atoms with Gasteiger partial charge in [0.05, 0.1) is 6.04 Å². The molecule has 4 unspecified atom stereocenters. The third-order valence-corrected chi connectivity index (χ3v) is 4.99. The van der Waals surface area contributed by atoms with Crippen LogP contribution in [0.4, 0.5) is 0 Å². The van der Waals surface area contributed by atoms with Crippen molar-refractivity contribution in [2.45, 2.75) is 64.6 Å². The SMILES string of the molecule is CC1CCC(C)N1C(C)C(=O)N1CCCC(CN)C1. The molecule has 2 fully saturated rings. The quantitative estimate of drug-likeness (QED) is 0.842. The van der Waals surface area contributed by atoms with E-state index in [0.717, 1.165) is 19.5 Å². The molecule has 0 aromatic heterocycles. The standard InChI is InChI=1S/C15H29N3O/c1-11-6-7-12(2)18(11)13(3)15(19)17-8-4-5-14(9-16)10-17/h11-14H,4-10,16H2,1-3H3. The number of amides is 1. The first-order chi connectivity index (χ1) is 9.04. The number of carbonyl (C=O) groups excluding carboxylic acids is 1. The molecule has 2 aliphatic heterocycles. The van der Waals surface area contributed by atoms with E-state index in [1.54, 1.807) is 0 Å². The first-order valence-electron chi connectivity index (χ1n) is 7.80. The maximum absolute atomic E-state index is 12.7. The second kappa shape index (κ2) is 6.23. The number of piperidine rings is 1. The molecule has 0 aliphatic carbocycles. The van der Waals surface area contributed by atoms with Crippen molar-refractivity contribution in [1.29, 1.82) is 0 Å². The Bertz CT molecular complexity index is 311. The highest BCUT2D eigenvalue weighted by Gasteiger charge is 2.36. The second-order valence-corrected chi connectivity index (χ2v) is 6.43. The lowest BCUT2D eigenvalue weighted by Crippen LogP contribution is -2.53. The van der Waals surface area contributed by atoms with Crippen molar-refractivity contribution in [3.63, 3.8) is 0 Å². The van der Waals surface area contributed by atoms with Crippen molar-refractivity contribution in [2.24, 2.45) is 11.7 Å². The number of nitrogens with two attached hydrogens (primary N) is 1. The zero-order valence-electron chi connectivity index (χ0n) is 12.6. The number of rotatable bonds is 3. The van der Waals surface area contributed by atoms with E-state index in [2.05, 4.69) is 25.7 Å². The van der Waals surface area contributed by atoms with E-state index in [1.165, 1.54) is 19.3 Å². The van der Waals surface area contributed by atoms with Crippen molar-refractivity contribution in [2.75, 3.05) is 19.6 Å². The van der Waals surface area contributed by atoms with Crippen molar-refractivity contribution in [3.8, 4) is 0 Å². The zero-order chi connectivity index (χ0) is 14.0. The van der Waals surface area contributed by atoms with Crippen LogP contribution in [0, 0.1) is 5.92 Å². The predicted octanol–water partition coefficient (Wildman–Crippen LogP) is 1.45. The molecule has 0 aromatic rings. The molecule has 1 amide bonds. The average molecular weight is 267 g/mol. The van der Waals surface area contributed by atoms with Crippen LogP contribution in [0.3, 0.4) is 0 Å². The van der Waals surface area contributed by atoms with Crippen LogP contribution in [0.2, 0.25) is 0 Å². The molecule has 110 valence electrons. The molecule has 2 rings (SSSR count). The van der Waals surface area contributed by atoms with E-state index in [4.69, 9.17) is 5.73 Å². The maximum atomic E-state index is 12.7. The first-order valence-corrected chi connectivity index (χ1v) is 7.80. The number of likely N-dealkylation sites (tertiary alicyclic amines) is 2. The van der Waals surface area contributed by atoms with Crippen molar-refractivity contribution in [3.05, 3.63) is 0 Å². The Morgan fingerprint density at radius 3 is 2.47 bits per heavy atom. The molecule has 0 radical (unpaired) electrons. The van der Waals surface area contributed by atoms with Gasteiger partial charge in [-0.25, -0.2) is 0 Å². The smallest absolute Gasteiger partial charge is 0.239 e. The minimum absolute atomic E-state index is 0.0176. The molecule has 19 heavy (non-hydrogen) atoms. The number of hydrogen-bond acceptors (Lipinski definition) is 3. The van der Waals surface area contributed by atoms with Gasteiger partial charge in [0, 0.05) is 25.2 Å². The molecule has 4 nitrogen and oxygen atoms in total. The van der Waals surface area contributed by atoms with E-state index >= 15 is 0 Å². The summed E-state index contributed by atoms with van der Waals surface area (Å²) in [5, 5.41) is 0. The minimum atomic E-state index is 0.0176.